The minimum Gasteiger partial charge on any atom is -0.480 e. The number of hydrogen-bond acceptors (Lipinski definition) is 3. The summed E-state index contributed by atoms with van der Waals surface area (Å²) in [5, 5.41) is 14.5. The molecular weight excluding hydrogens is 276 g/mol. The van der Waals surface area contributed by atoms with Crippen LogP contribution in [-0.4, -0.2) is 72.7 Å². The number of nitrogens with zero attached hydrogens (tertiary/aromatic N) is 2. The quantitative estimate of drug-likeness (QED) is 0.650. The molecular formula is C13H24N4O4. The second-order valence-corrected chi connectivity index (χ2v) is 5.26. The van der Waals surface area contributed by atoms with Crippen molar-refractivity contribution in [2.24, 2.45) is 0 Å². The summed E-state index contributed by atoms with van der Waals surface area (Å²) in [6.45, 7) is 1.02. The Morgan fingerprint density at radius 2 is 1.81 bits per heavy atom. The van der Waals surface area contributed by atoms with Crippen molar-refractivity contribution in [2.45, 2.75) is 31.7 Å². The topological polar surface area (TPSA) is 102 Å². The van der Waals surface area contributed by atoms with Crippen LogP contribution in [0.4, 0.5) is 9.59 Å². The number of aliphatic carboxylic acids is 1. The number of hydrogen-bond donors (Lipinski definition) is 3. The summed E-state index contributed by atoms with van der Waals surface area (Å²) >= 11 is 0. The molecule has 8 heteroatoms. The standard InChI is InChI=1S/C13H24N4O4/c1-16(2)12(20)14-7-8-15-13(21)17-9-5-3-4-6-10(17)11(18)19/h10H,3-9H2,1-2H3,(H,14,20)(H,15,21)(H,18,19). The Morgan fingerprint density at radius 1 is 1.14 bits per heavy atom. The molecule has 1 aliphatic rings. The summed E-state index contributed by atoms with van der Waals surface area (Å²) < 4.78 is 0. The van der Waals surface area contributed by atoms with Crippen LogP contribution in [0.2, 0.25) is 0 Å². The van der Waals surface area contributed by atoms with Gasteiger partial charge in [-0.1, -0.05) is 12.8 Å². The van der Waals surface area contributed by atoms with E-state index in [1.807, 2.05) is 0 Å². The van der Waals surface area contributed by atoms with E-state index in [0.717, 1.165) is 19.3 Å². The SMILES string of the molecule is CN(C)C(=O)NCCNC(=O)N1CCCCCC1C(=O)O. The molecule has 120 valence electrons. The summed E-state index contributed by atoms with van der Waals surface area (Å²) in [6, 6.07) is -1.38. The van der Waals surface area contributed by atoms with Crippen molar-refractivity contribution in [3.8, 4) is 0 Å². The molecule has 0 aromatic rings. The molecule has 0 aliphatic carbocycles. The van der Waals surface area contributed by atoms with Crippen LogP contribution in [0.1, 0.15) is 25.7 Å². The summed E-state index contributed by atoms with van der Waals surface area (Å²) in [7, 11) is 3.26. The van der Waals surface area contributed by atoms with Gasteiger partial charge in [0.05, 0.1) is 0 Å². The lowest BCUT2D eigenvalue weighted by Crippen LogP contribution is -2.50. The highest BCUT2D eigenvalue weighted by Gasteiger charge is 2.30. The van der Waals surface area contributed by atoms with E-state index in [4.69, 9.17) is 0 Å². The largest absolute Gasteiger partial charge is 0.480 e. The minimum absolute atomic E-state index is 0.234. The average molecular weight is 300 g/mol. The van der Waals surface area contributed by atoms with Crippen LogP contribution in [0, 0.1) is 0 Å². The number of carbonyl (C=O) groups is 3. The van der Waals surface area contributed by atoms with Gasteiger partial charge in [0.2, 0.25) is 0 Å². The third-order valence-electron chi connectivity index (χ3n) is 3.38. The van der Waals surface area contributed by atoms with Gasteiger partial charge >= 0.3 is 18.0 Å². The average Bonchev–Trinajstić information content (AvgIpc) is 2.68. The number of amides is 4. The number of carboxylic acids is 1. The van der Waals surface area contributed by atoms with Crippen LogP contribution in [0.25, 0.3) is 0 Å². The smallest absolute Gasteiger partial charge is 0.326 e. The Kier molecular flexibility index (Phi) is 6.77. The third-order valence-corrected chi connectivity index (χ3v) is 3.38. The van der Waals surface area contributed by atoms with Crippen molar-refractivity contribution in [3.63, 3.8) is 0 Å². The van der Waals surface area contributed by atoms with Crippen molar-refractivity contribution < 1.29 is 19.5 Å². The molecule has 1 fully saturated rings. The number of carbonyl (C=O) groups excluding carboxylic acids is 2. The second-order valence-electron chi connectivity index (χ2n) is 5.26. The number of nitrogens with one attached hydrogen (secondary N) is 2. The van der Waals surface area contributed by atoms with Crippen LogP contribution in [0.15, 0.2) is 0 Å². The van der Waals surface area contributed by atoms with Gasteiger partial charge in [-0.2, -0.15) is 0 Å². The highest BCUT2D eigenvalue weighted by Crippen LogP contribution is 2.17. The molecule has 21 heavy (non-hydrogen) atoms. The molecule has 0 aromatic carbocycles. The van der Waals surface area contributed by atoms with Crippen molar-refractivity contribution in [2.75, 3.05) is 33.7 Å². The van der Waals surface area contributed by atoms with Crippen LogP contribution >= 0.6 is 0 Å². The fourth-order valence-corrected chi connectivity index (χ4v) is 2.21. The van der Waals surface area contributed by atoms with Gasteiger partial charge in [-0.3, -0.25) is 0 Å². The fraction of sp³-hybridized carbons (Fsp3) is 0.769. The van der Waals surface area contributed by atoms with Gasteiger partial charge in [-0.25, -0.2) is 14.4 Å². The lowest BCUT2D eigenvalue weighted by molar-refractivity contribution is -0.142. The first kappa shape index (κ1) is 17.1. The highest BCUT2D eigenvalue weighted by atomic mass is 16.4. The number of likely N-dealkylation sites (tertiary alicyclic amines) is 1. The van der Waals surface area contributed by atoms with E-state index in [1.165, 1.54) is 9.80 Å². The summed E-state index contributed by atoms with van der Waals surface area (Å²) in [5.74, 6) is -0.965. The van der Waals surface area contributed by atoms with Gasteiger partial charge < -0.3 is 25.5 Å². The van der Waals surface area contributed by atoms with Gasteiger partial charge in [0.15, 0.2) is 0 Å². The Bertz CT molecular complexity index is 386. The lowest BCUT2D eigenvalue weighted by atomic mass is 10.1. The van der Waals surface area contributed by atoms with Crippen molar-refractivity contribution >= 4 is 18.0 Å². The number of carboxylic acid groups (broad SMARTS) is 1. The maximum Gasteiger partial charge on any atom is 0.326 e. The third kappa shape index (κ3) is 5.49. The van der Waals surface area contributed by atoms with Gasteiger partial charge in [0.25, 0.3) is 0 Å². The molecule has 3 N–H and O–H groups in total. The second kappa shape index (κ2) is 8.33. The maximum atomic E-state index is 12.1. The van der Waals surface area contributed by atoms with Gasteiger partial charge in [-0.05, 0) is 12.8 Å². The summed E-state index contributed by atoms with van der Waals surface area (Å²) in [5.41, 5.74) is 0. The Balaban J connectivity index is 2.41. The molecule has 0 bridgehead atoms. The predicted octanol–water partition coefficient (Wildman–Crippen LogP) is 0.296. The molecule has 0 saturated carbocycles. The first-order chi connectivity index (χ1) is 9.93. The normalized spacial score (nSPS) is 18.6. The van der Waals surface area contributed by atoms with Crippen molar-refractivity contribution in [3.05, 3.63) is 0 Å². The van der Waals surface area contributed by atoms with Crippen molar-refractivity contribution in [1.82, 2.24) is 20.4 Å². The molecule has 1 atom stereocenters. The zero-order valence-electron chi connectivity index (χ0n) is 12.6. The number of urea groups is 2. The molecule has 8 nitrogen and oxygen atoms in total. The maximum absolute atomic E-state index is 12.1. The predicted molar refractivity (Wildman–Crippen MR) is 77.1 cm³/mol. The van der Waals surface area contributed by atoms with Gasteiger partial charge in [-0.15, -0.1) is 0 Å². The first-order valence-electron chi connectivity index (χ1n) is 7.16. The Morgan fingerprint density at radius 3 is 2.43 bits per heavy atom. The van der Waals surface area contributed by atoms with E-state index in [-0.39, 0.29) is 18.6 Å². The molecule has 1 saturated heterocycles. The summed E-state index contributed by atoms with van der Waals surface area (Å²) in [4.78, 5) is 37.4. The zero-order valence-corrected chi connectivity index (χ0v) is 12.6. The molecule has 0 radical (unpaired) electrons. The fourth-order valence-electron chi connectivity index (χ4n) is 2.21. The number of rotatable bonds is 4. The van der Waals surface area contributed by atoms with Crippen molar-refractivity contribution in [1.29, 1.82) is 0 Å². The highest BCUT2D eigenvalue weighted by molar-refractivity contribution is 5.82. The Hall–Kier alpha value is -1.99. The van der Waals surface area contributed by atoms with E-state index in [1.54, 1.807) is 14.1 Å². The zero-order chi connectivity index (χ0) is 15.8. The first-order valence-corrected chi connectivity index (χ1v) is 7.16. The molecule has 0 aromatic heterocycles. The van der Waals surface area contributed by atoms with E-state index in [9.17, 15) is 19.5 Å². The monoisotopic (exact) mass is 300 g/mol. The van der Waals surface area contributed by atoms with Crippen LogP contribution in [-0.2, 0) is 4.79 Å². The van der Waals surface area contributed by atoms with E-state index < -0.39 is 12.0 Å². The Labute approximate surface area is 124 Å². The van der Waals surface area contributed by atoms with Crippen LogP contribution in [0.3, 0.4) is 0 Å². The molecule has 1 rings (SSSR count). The molecule has 4 amide bonds. The molecule has 0 spiro atoms. The molecule has 1 unspecified atom stereocenters. The minimum atomic E-state index is -0.965. The van der Waals surface area contributed by atoms with E-state index in [0.29, 0.717) is 19.5 Å². The van der Waals surface area contributed by atoms with E-state index in [2.05, 4.69) is 10.6 Å². The summed E-state index contributed by atoms with van der Waals surface area (Å²) in [6.07, 6.45) is 3.06. The lowest BCUT2D eigenvalue weighted by Gasteiger charge is -2.27. The van der Waals surface area contributed by atoms with Gasteiger partial charge in [0, 0.05) is 33.7 Å². The van der Waals surface area contributed by atoms with Gasteiger partial charge in [0.1, 0.15) is 6.04 Å². The van der Waals surface area contributed by atoms with Crippen LogP contribution in [0.5, 0.6) is 0 Å². The molecule has 1 heterocycles. The molecule has 1 aliphatic heterocycles. The van der Waals surface area contributed by atoms with Crippen LogP contribution < -0.4 is 10.6 Å². The van der Waals surface area contributed by atoms with E-state index >= 15 is 0 Å².